The average molecular weight is 532 g/mol. The Morgan fingerprint density at radius 1 is 1.11 bits per heavy atom. The minimum Gasteiger partial charge on any atom is -0.334 e. The predicted molar refractivity (Wildman–Crippen MR) is 134 cm³/mol. The molecule has 8 nitrogen and oxygen atoms in total. The number of nitrogens with one attached hydrogen (secondary N) is 1. The van der Waals surface area contributed by atoms with Gasteiger partial charge in [0.1, 0.15) is 12.2 Å². The first kappa shape index (κ1) is 27.4. The summed E-state index contributed by atoms with van der Waals surface area (Å²) in [7, 11) is 0. The fourth-order valence-corrected chi connectivity index (χ4v) is 5.16. The molecule has 0 radical (unpaired) electrons. The quantitative estimate of drug-likeness (QED) is 0.573. The molecule has 1 unspecified atom stereocenters. The second kappa shape index (κ2) is 11.4. The number of benzene rings is 2. The molecule has 4 rings (SSSR count). The molecule has 0 bridgehead atoms. The molecule has 2 aliphatic rings. The Bertz CT molecular complexity index is 1170. The van der Waals surface area contributed by atoms with Crippen LogP contribution in [0.2, 0.25) is 0 Å². The second-order valence-electron chi connectivity index (χ2n) is 9.74. The van der Waals surface area contributed by atoms with Crippen molar-refractivity contribution in [3.8, 4) is 0 Å². The Kier molecular flexibility index (Phi) is 8.25. The van der Waals surface area contributed by atoms with E-state index in [1.807, 2.05) is 30.3 Å². The fourth-order valence-electron chi connectivity index (χ4n) is 5.16. The lowest BCUT2D eigenvalue weighted by Crippen LogP contribution is -2.71. The highest BCUT2D eigenvalue weighted by Crippen LogP contribution is 2.31. The van der Waals surface area contributed by atoms with E-state index in [4.69, 9.17) is 5.73 Å². The van der Waals surface area contributed by atoms with Gasteiger partial charge in [-0.25, -0.2) is 4.79 Å². The summed E-state index contributed by atoms with van der Waals surface area (Å²) in [6.07, 6.45) is -4.22. The van der Waals surface area contributed by atoms with E-state index in [0.29, 0.717) is 37.1 Å². The summed E-state index contributed by atoms with van der Waals surface area (Å²) in [5, 5.41) is 2.71. The van der Waals surface area contributed by atoms with Crippen LogP contribution in [-0.2, 0) is 28.9 Å². The zero-order valence-corrected chi connectivity index (χ0v) is 21.2. The molecule has 2 saturated heterocycles. The summed E-state index contributed by atoms with van der Waals surface area (Å²) in [6, 6.07) is 11.9. The van der Waals surface area contributed by atoms with Gasteiger partial charge in [-0.1, -0.05) is 42.0 Å². The molecule has 204 valence electrons. The van der Waals surface area contributed by atoms with Gasteiger partial charge in [0.15, 0.2) is 0 Å². The summed E-state index contributed by atoms with van der Waals surface area (Å²) in [5.41, 5.74) is 6.60. The Balaban J connectivity index is 1.55. The molecule has 0 aromatic heterocycles. The van der Waals surface area contributed by atoms with E-state index in [2.05, 4.69) is 5.32 Å². The summed E-state index contributed by atoms with van der Waals surface area (Å²) in [6.45, 7) is 2.42. The van der Waals surface area contributed by atoms with Gasteiger partial charge >= 0.3 is 12.2 Å². The Labute approximate surface area is 219 Å². The normalized spacial score (nSPS) is 20.0. The second-order valence-corrected chi connectivity index (χ2v) is 9.74. The first-order valence-corrected chi connectivity index (χ1v) is 12.6. The molecular weight excluding hydrogens is 499 g/mol. The first-order chi connectivity index (χ1) is 18.1. The Morgan fingerprint density at radius 3 is 2.53 bits per heavy atom. The Hall–Kier alpha value is -3.60. The number of amides is 4. The van der Waals surface area contributed by atoms with Crippen molar-refractivity contribution in [3.63, 3.8) is 0 Å². The van der Waals surface area contributed by atoms with E-state index in [-0.39, 0.29) is 37.9 Å². The maximum Gasteiger partial charge on any atom is 0.416 e. The third-order valence-electron chi connectivity index (χ3n) is 6.92. The maximum atomic E-state index is 13.4. The predicted octanol–water partition coefficient (Wildman–Crippen LogP) is 3.23. The van der Waals surface area contributed by atoms with Crippen LogP contribution in [0.25, 0.3) is 0 Å². The van der Waals surface area contributed by atoms with Crippen molar-refractivity contribution < 1.29 is 27.6 Å². The van der Waals surface area contributed by atoms with Gasteiger partial charge in [-0.05, 0) is 49.6 Å². The molecule has 4 amide bonds. The number of nitrogens with zero attached hydrogens (tertiary/aromatic N) is 3. The van der Waals surface area contributed by atoms with Crippen molar-refractivity contribution in [2.45, 2.75) is 57.7 Å². The van der Waals surface area contributed by atoms with Crippen molar-refractivity contribution >= 4 is 17.8 Å². The molecule has 2 aliphatic heterocycles. The van der Waals surface area contributed by atoms with Gasteiger partial charge in [-0.3, -0.25) is 9.59 Å². The molecular formula is C27H32F3N5O3. The topological polar surface area (TPSA) is 99.0 Å². The SMILES string of the molecule is Cc1cc(CNC(=O)N2CCC(=O)N3C2CN(Cc2ccccc2)C(=O)[C@@H]3CCCN)cc(C(F)(F)F)c1. The van der Waals surface area contributed by atoms with Crippen molar-refractivity contribution in [3.05, 3.63) is 70.8 Å². The van der Waals surface area contributed by atoms with Crippen LogP contribution in [0.1, 0.15) is 41.5 Å². The van der Waals surface area contributed by atoms with Gasteiger partial charge in [0.2, 0.25) is 11.8 Å². The average Bonchev–Trinajstić information content (AvgIpc) is 2.87. The van der Waals surface area contributed by atoms with E-state index in [1.165, 1.54) is 9.80 Å². The molecule has 2 heterocycles. The summed E-state index contributed by atoms with van der Waals surface area (Å²) in [5.74, 6) is -0.393. The highest BCUT2D eigenvalue weighted by Gasteiger charge is 2.48. The minimum absolute atomic E-state index is 0.0533. The summed E-state index contributed by atoms with van der Waals surface area (Å²) < 4.78 is 39.7. The molecule has 0 aliphatic carbocycles. The lowest BCUT2D eigenvalue weighted by molar-refractivity contribution is -0.167. The van der Waals surface area contributed by atoms with Gasteiger partial charge < -0.3 is 25.8 Å². The van der Waals surface area contributed by atoms with Crippen LogP contribution >= 0.6 is 0 Å². The maximum absolute atomic E-state index is 13.4. The molecule has 2 aromatic rings. The molecule has 0 saturated carbocycles. The van der Waals surface area contributed by atoms with Gasteiger partial charge in [-0.2, -0.15) is 13.2 Å². The van der Waals surface area contributed by atoms with E-state index >= 15 is 0 Å². The number of hydrogen-bond acceptors (Lipinski definition) is 4. The van der Waals surface area contributed by atoms with E-state index in [9.17, 15) is 27.6 Å². The number of carbonyl (C=O) groups excluding carboxylic acids is 3. The summed E-state index contributed by atoms with van der Waals surface area (Å²) in [4.78, 5) is 44.4. The van der Waals surface area contributed by atoms with Crippen molar-refractivity contribution in [2.75, 3.05) is 19.6 Å². The first-order valence-electron chi connectivity index (χ1n) is 12.6. The number of carbonyl (C=O) groups is 3. The number of urea groups is 1. The van der Waals surface area contributed by atoms with Crippen LogP contribution in [0.3, 0.4) is 0 Å². The van der Waals surface area contributed by atoms with Crippen LogP contribution in [0.5, 0.6) is 0 Å². The number of halogens is 3. The Morgan fingerprint density at radius 2 is 1.84 bits per heavy atom. The number of piperazine rings is 1. The monoisotopic (exact) mass is 531 g/mol. The zero-order valence-electron chi connectivity index (χ0n) is 21.2. The van der Waals surface area contributed by atoms with Gasteiger partial charge in [0.25, 0.3) is 0 Å². The van der Waals surface area contributed by atoms with Crippen molar-refractivity contribution in [1.82, 2.24) is 20.0 Å². The van der Waals surface area contributed by atoms with Crippen molar-refractivity contribution in [1.29, 1.82) is 0 Å². The van der Waals surface area contributed by atoms with Crippen LogP contribution in [0, 0.1) is 6.92 Å². The van der Waals surface area contributed by atoms with Crippen LogP contribution < -0.4 is 11.1 Å². The van der Waals surface area contributed by atoms with E-state index < -0.39 is 30.0 Å². The number of fused-ring (bicyclic) bond motifs is 1. The molecule has 11 heteroatoms. The number of nitrogens with two attached hydrogens (primary N) is 1. The smallest absolute Gasteiger partial charge is 0.334 e. The highest BCUT2D eigenvalue weighted by atomic mass is 19.4. The van der Waals surface area contributed by atoms with Crippen LogP contribution in [-0.4, -0.2) is 64.4 Å². The lowest BCUT2D eigenvalue weighted by Gasteiger charge is -2.52. The minimum atomic E-state index is -4.49. The fraction of sp³-hybridized carbons (Fsp3) is 0.444. The largest absolute Gasteiger partial charge is 0.416 e. The number of aryl methyl sites for hydroxylation is 1. The molecule has 3 N–H and O–H groups in total. The molecule has 2 aromatic carbocycles. The summed E-state index contributed by atoms with van der Waals surface area (Å²) >= 11 is 0. The molecule has 0 spiro atoms. The molecule has 38 heavy (non-hydrogen) atoms. The van der Waals surface area contributed by atoms with Gasteiger partial charge in [0.05, 0.1) is 12.1 Å². The van der Waals surface area contributed by atoms with E-state index in [0.717, 1.165) is 17.7 Å². The van der Waals surface area contributed by atoms with Crippen LogP contribution in [0.15, 0.2) is 48.5 Å². The lowest BCUT2D eigenvalue weighted by atomic mass is 9.99. The number of rotatable bonds is 7. The highest BCUT2D eigenvalue weighted by molar-refractivity contribution is 5.91. The molecule has 2 fully saturated rings. The molecule has 2 atom stereocenters. The van der Waals surface area contributed by atoms with Crippen LogP contribution in [0.4, 0.5) is 18.0 Å². The standard InChI is InChI=1S/C27H32F3N5O3/c1-18-12-20(14-21(13-18)27(28,29)30)15-32-26(38)34-11-9-24(36)35-22(8-5-10-31)25(37)33(17-23(34)35)16-19-6-3-2-4-7-19/h2-4,6-7,12-14,22-23H,5,8-11,15-17,31H2,1H3,(H,32,38)/t22-,23?/m0/s1. The van der Waals surface area contributed by atoms with Gasteiger partial charge in [-0.15, -0.1) is 0 Å². The number of alkyl halides is 3. The van der Waals surface area contributed by atoms with Gasteiger partial charge in [0, 0.05) is 26.1 Å². The zero-order chi connectivity index (χ0) is 27.4. The van der Waals surface area contributed by atoms with E-state index in [1.54, 1.807) is 17.9 Å². The van der Waals surface area contributed by atoms with Crippen molar-refractivity contribution in [2.24, 2.45) is 5.73 Å². The number of hydrogen-bond donors (Lipinski definition) is 2. The third kappa shape index (κ3) is 6.09. The third-order valence-corrected chi connectivity index (χ3v) is 6.92.